The number of rotatable bonds is 6. The average molecular weight is 372 g/mol. The van der Waals surface area contributed by atoms with Crippen LogP contribution >= 0.6 is 0 Å². The van der Waals surface area contributed by atoms with Crippen molar-refractivity contribution in [3.63, 3.8) is 0 Å². The van der Waals surface area contributed by atoms with Gasteiger partial charge in [0.25, 0.3) is 0 Å². The molecule has 0 saturated carbocycles. The molecule has 1 aromatic rings. The Morgan fingerprint density at radius 1 is 1.23 bits per heavy atom. The van der Waals surface area contributed by atoms with Gasteiger partial charge in [-0.05, 0) is 24.2 Å². The van der Waals surface area contributed by atoms with Gasteiger partial charge in [-0.1, -0.05) is 6.92 Å². The average Bonchev–Trinajstić information content (AvgIpc) is 2.64. The Kier molecular flexibility index (Phi) is 7.50. The lowest BCUT2D eigenvalue weighted by Crippen LogP contribution is -2.46. The van der Waals surface area contributed by atoms with Gasteiger partial charge in [-0.15, -0.1) is 0 Å². The molecule has 1 saturated heterocycles. The zero-order valence-electron chi connectivity index (χ0n) is 15.3. The van der Waals surface area contributed by atoms with Crippen LogP contribution in [0.1, 0.15) is 18.9 Å². The lowest BCUT2D eigenvalue weighted by Gasteiger charge is -2.34. The smallest absolute Gasteiger partial charge is 0.356 e. The first-order valence-corrected chi connectivity index (χ1v) is 8.84. The molecule has 1 aliphatic heterocycles. The van der Waals surface area contributed by atoms with Crippen molar-refractivity contribution >= 4 is 11.8 Å². The summed E-state index contributed by atoms with van der Waals surface area (Å²) in [4.78, 5) is 13.1. The molecule has 0 atom stereocenters. The van der Waals surface area contributed by atoms with Gasteiger partial charge in [0.05, 0.1) is 6.42 Å². The molecule has 1 aliphatic rings. The number of aromatic nitrogens is 1. The molecule has 0 bridgehead atoms. The van der Waals surface area contributed by atoms with Gasteiger partial charge in [-0.2, -0.15) is 13.2 Å². The monoisotopic (exact) mass is 372 g/mol. The van der Waals surface area contributed by atoms with Crippen LogP contribution in [0.2, 0.25) is 0 Å². The van der Waals surface area contributed by atoms with E-state index < -0.39 is 12.6 Å². The number of halogens is 3. The van der Waals surface area contributed by atoms with Gasteiger partial charge in [0.2, 0.25) is 0 Å². The molecule has 2 heterocycles. The van der Waals surface area contributed by atoms with E-state index in [0.29, 0.717) is 12.5 Å². The van der Waals surface area contributed by atoms with Crippen molar-refractivity contribution in [3.8, 4) is 0 Å². The first-order valence-electron chi connectivity index (χ1n) is 8.84. The van der Waals surface area contributed by atoms with E-state index in [1.807, 2.05) is 12.1 Å². The summed E-state index contributed by atoms with van der Waals surface area (Å²) in [5.41, 5.74) is 1.01. The van der Waals surface area contributed by atoms with Gasteiger partial charge in [0.1, 0.15) is 5.82 Å². The fourth-order valence-electron chi connectivity index (χ4n) is 2.77. The minimum absolute atomic E-state index is 0.202. The second kappa shape index (κ2) is 9.61. The van der Waals surface area contributed by atoms with Crippen LogP contribution in [-0.2, 0) is 6.54 Å². The van der Waals surface area contributed by atoms with E-state index in [9.17, 15) is 13.2 Å². The largest absolute Gasteiger partial charge is 0.390 e. The van der Waals surface area contributed by atoms with Gasteiger partial charge in [0, 0.05) is 52.5 Å². The van der Waals surface area contributed by atoms with Crippen molar-refractivity contribution in [2.45, 2.75) is 26.1 Å². The molecule has 0 spiro atoms. The molecule has 0 aromatic carbocycles. The number of hydrogen-bond donors (Lipinski definition) is 2. The second-order valence-corrected chi connectivity index (χ2v) is 6.16. The predicted molar refractivity (Wildman–Crippen MR) is 97.4 cm³/mol. The summed E-state index contributed by atoms with van der Waals surface area (Å²) < 4.78 is 36.6. The van der Waals surface area contributed by atoms with Crippen LogP contribution < -0.4 is 15.5 Å². The SMILES string of the molecule is CCN1CCN(c2cc(CNC(=NC)NCCC(F)(F)F)ccn2)CC1. The number of likely N-dealkylation sites (N-methyl/N-ethyl adjacent to an activating group) is 1. The van der Waals surface area contributed by atoms with Crippen LogP contribution in [0.3, 0.4) is 0 Å². The standard InChI is InChI=1S/C17H27F3N6/c1-3-25-8-10-26(11-9-25)15-12-14(4-6-22-15)13-24-16(21-2)23-7-5-17(18,19)20/h4,6,12H,3,5,7-11,13H2,1-2H3,(H2,21,23,24). The van der Waals surface area contributed by atoms with Gasteiger partial charge in [0.15, 0.2) is 5.96 Å². The summed E-state index contributed by atoms with van der Waals surface area (Å²) in [6.07, 6.45) is -3.30. The molecule has 1 fully saturated rings. The number of hydrogen-bond acceptors (Lipinski definition) is 4. The maximum Gasteiger partial charge on any atom is 0.390 e. The molecule has 146 valence electrons. The normalized spacial score (nSPS) is 16.7. The lowest BCUT2D eigenvalue weighted by molar-refractivity contribution is -0.132. The van der Waals surface area contributed by atoms with Crippen LogP contribution in [0.4, 0.5) is 19.0 Å². The Morgan fingerprint density at radius 2 is 1.96 bits per heavy atom. The quantitative estimate of drug-likeness (QED) is 0.590. The van der Waals surface area contributed by atoms with Crippen LogP contribution in [-0.4, -0.2) is 68.3 Å². The van der Waals surface area contributed by atoms with Crippen molar-refractivity contribution in [3.05, 3.63) is 23.9 Å². The van der Waals surface area contributed by atoms with E-state index in [1.54, 1.807) is 6.20 Å². The van der Waals surface area contributed by atoms with Crippen molar-refractivity contribution in [1.29, 1.82) is 0 Å². The summed E-state index contributed by atoms with van der Waals surface area (Å²) in [5.74, 6) is 1.28. The third-order valence-electron chi connectivity index (χ3n) is 4.34. The molecule has 0 radical (unpaired) electrons. The van der Waals surface area contributed by atoms with Gasteiger partial charge < -0.3 is 20.4 Å². The maximum atomic E-state index is 12.2. The highest BCUT2D eigenvalue weighted by Gasteiger charge is 2.26. The number of guanidine groups is 1. The van der Waals surface area contributed by atoms with Gasteiger partial charge in [-0.3, -0.25) is 4.99 Å². The second-order valence-electron chi connectivity index (χ2n) is 6.16. The van der Waals surface area contributed by atoms with Crippen molar-refractivity contribution in [2.24, 2.45) is 4.99 Å². The summed E-state index contributed by atoms with van der Waals surface area (Å²) in [5, 5.41) is 5.71. The third kappa shape index (κ3) is 6.70. The fraction of sp³-hybridized carbons (Fsp3) is 0.647. The molecule has 0 aliphatic carbocycles. The number of aliphatic imine (C=N–C) groups is 1. The van der Waals surface area contributed by atoms with Crippen LogP contribution in [0.5, 0.6) is 0 Å². The van der Waals surface area contributed by atoms with E-state index in [0.717, 1.165) is 44.1 Å². The number of piperazine rings is 1. The zero-order valence-corrected chi connectivity index (χ0v) is 15.3. The molecule has 2 rings (SSSR count). The first kappa shape index (κ1) is 20.3. The van der Waals surface area contributed by atoms with Crippen molar-refractivity contribution in [2.75, 3.05) is 51.2 Å². The van der Waals surface area contributed by atoms with E-state index in [-0.39, 0.29) is 6.54 Å². The van der Waals surface area contributed by atoms with Crippen LogP contribution in [0.25, 0.3) is 0 Å². The summed E-state index contributed by atoms with van der Waals surface area (Å²) >= 11 is 0. The van der Waals surface area contributed by atoms with E-state index in [1.165, 1.54) is 7.05 Å². The number of nitrogens with zero attached hydrogens (tertiary/aromatic N) is 4. The third-order valence-corrected chi connectivity index (χ3v) is 4.34. The maximum absolute atomic E-state index is 12.2. The Balaban J connectivity index is 1.84. The molecular weight excluding hydrogens is 345 g/mol. The zero-order chi connectivity index (χ0) is 19.0. The number of nitrogens with one attached hydrogen (secondary N) is 2. The number of alkyl halides is 3. The molecule has 0 amide bonds. The number of anilines is 1. The lowest BCUT2D eigenvalue weighted by atomic mass is 10.2. The summed E-state index contributed by atoms with van der Waals surface area (Å²) in [7, 11) is 1.54. The predicted octanol–water partition coefficient (Wildman–Crippen LogP) is 1.84. The summed E-state index contributed by atoms with van der Waals surface area (Å²) in [6, 6.07) is 3.90. The fourth-order valence-corrected chi connectivity index (χ4v) is 2.77. The highest BCUT2D eigenvalue weighted by atomic mass is 19.4. The molecule has 2 N–H and O–H groups in total. The minimum Gasteiger partial charge on any atom is -0.356 e. The van der Waals surface area contributed by atoms with Gasteiger partial charge in [-0.25, -0.2) is 4.98 Å². The Labute approximate surface area is 152 Å². The van der Waals surface area contributed by atoms with E-state index >= 15 is 0 Å². The first-order chi connectivity index (χ1) is 12.4. The molecular formula is C17H27F3N6. The minimum atomic E-state index is -4.17. The number of pyridine rings is 1. The Bertz CT molecular complexity index is 582. The molecule has 26 heavy (non-hydrogen) atoms. The molecule has 9 heteroatoms. The van der Waals surface area contributed by atoms with Crippen LogP contribution in [0.15, 0.2) is 23.3 Å². The highest BCUT2D eigenvalue weighted by molar-refractivity contribution is 5.79. The molecule has 1 aromatic heterocycles. The van der Waals surface area contributed by atoms with E-state index in [4.69, 9.17) is 0 Å². The van der Waals surface area contributed by atoms with Crippen molar-refractivity contribution in [1.82, 2.24) is 20.5 Å². The topological polar surface area (TPSA) is 55.8 Å². The van der Waals surface area contributed by atoms with Crippen LogP contribution in [0, 0.1) is 0 Å². The van der Waals surface area contributed by atoms with Gasteiger partial charge >= 0.3 is 6.18 Å². The Hall–Kier alpha value is -2.03. The molecule has 6 nitrogen and oxygen atoms in total. The van der Waals surface area contributed by atoms with Crippen molar-refractivity contribution < 1.29 is 13.2 Å². The highest BCUT2D eigenvalue weighted by Crippen LogP contribution is 2.18. The Morgan fingerprint density at radius 3 is 2.58 bits per heavy atom. The van der Waals surface area contributed by atoms with E-state index in [2.05, 4.69) is 37.3 Å². The molecule has 0 unspecified atom stereocenters. The summed E-state index contributed by atoms with van der Waals surface area (Å²) in [6.45, 7) is 7.42.